The van der Waals surface area contributed by atoms with Crippen molar-refractivity contribution < 1.29 is 27.1 Å². The van der Waals surface area contributed by atoms with Crippen LogP contribution in [0.4, 0.5) is 19.2 Å². The molecule has 1 aromatic heterocycles. The van der Waals surface area contributed by atoms with Gasteiger partial charge in [-0.3, -0.25) is 10.1 Å². The molecule has 0 spiro atoms. The number of carbonyl (C=O) groups is 1. The van der Waals surface area contributed by atoms with Gasteiger partial charge >= 0.3 is 12.2 Å². The molecule has 0 aliphatic carbocycles. The van der Waals surface area contributed by atoms with E-state index in [1.165, 1.54) is 24.3 Å². The number of hydrogen-bond acceptors (Lipinski definition) is 5. The summed E-state index contributed by atoms with van der Waals surface area (Å²) in [6.45, 7) is 1.57. The summed E-state index contributed by atoms with van der Waals surface area (Å²) in [4.78, 5) is 12.4. The lowest BCUT2D eigenvalue weighted by atomic mass is 10.2. The second kappa shape index (κ2) is 6.87. The molecule has 0 saturated heterocycles. The zero-order chi connectivity index (χ0) is 18.7. The van der Waals surface area contributed by atoms with E-state index in [4.69, 9.17) is 9.15 Å². The van der Waals surface area contributed by atoms with Crippen LogP contribution in [-0.4, -0.2) is 16.1 Å². The van der Waals surface area contributed by atoms with Crippen molar-refractivity contribution in [2.75, 3.05) is 5.32 Å². The summed E-state index contributed by atoms with van der Waals surface area (Å²) in [6, 6.07) is 10.4. The Hall–Kier alpha value is -3.36. The zero-order valence-corrected chi connectivity index (χ0v) is 13.4. The third-order valence-electron chi connectivity index (χ3n) is 3.29. The van der Waals surface area contributed by atoms with E-state index in [0.717, 1.165) is 12.1 Å². The SMILES string of the molecule is Cc1nnc(NC(=O)c2ccccc2Oc2ccc(C(F)(F)F)cc2)o1. The molecular weight excluding hydrogens is 351 g/mol. The highest BCUT2D eigenvalue weighted by Crippen LogP contribution is 2.32. The van der Waals surface area contributed by atoms with Gasteiger partial charge in [0.25, 0.3) is 5.91 Å². The van der Waals surface area contributed by atoms with E-state index in [-0.39, 0.29) is 29.0 Å². The maximum absolute atomic E-state index is 12.6. The molecule has 3 aromatic rings. The van der Waals surface area contributed by atoms with Crippen molar-refractivity contribution in [2.45, 2.75) is 13.1 Å². The molecule has 0 fully saturated rings. The molecule has 0 aliphatic heterocycles. The molecule has 2 aromatic carbocycles. The van der Waals surface area contributed by atoms with Gasteiger partial charge in [0.1, 0.15) is 11.5 Å². The number of ether oxygens (including phenoxy) is 1. The van der Waals surface area contributed by atoms with Crippen molar-refractivity contribution in [3.05, 3.63) is 65.5 Å². The second-order valence-corrected chi connectivity index (χ2v) is 5.20. The highest BCUT2D eigenvalue weighted by molar-refractivity contribution is 6.05. The number of alkyl halides is 3. The number of anilines is 1. The first-order valence-corrected chi connectivity index (χ1v) is 7.38. The van der Waals surface area contributed by atoms with Gasteiger partial charge in [-0.25, -0.2) is 0 Å². The molecule has 0 radical (unpaired) electrons. The molecule has 26 heavy (non-hydrogen) atoms. The minimum atomic E-state index is -4.43. The Kier molecular flexibility index (Phi) is 4.61. The summed E-state index contributed by atoms with van der Waals surface area (Å²) in [5.74, 6) is 0.0543. The summed E-state index contributed by atoms with van der Waals surface area (Å²) < 4.78 is 48.5. The number of benzene rings is 2. The van der Waals surface area contributed by atoms with Crippen molar-refractivity contribution in [1.29, 1.82) is 0 Å². The number of hydrogen-bond donors (Lipinski definition) is 1. The Balaban J connectivity index is 1.79. The van der Waals surface area contributed by atoms with Crippen molar-refractivity contribution in [1.82, 2.24) is 10.2 Å². The Morgan fingerprint density at radius 3 is 2.38 bits per heavy atom. The summed E-state index contributed by atoms with van der Waals surface area (Å²) in [5, 5.41) is 9.68. The summed E-state index contributed by atoms with van der Waals surface area (Å²) in [7, 11) is 0. The fraction of sp³-hybridized carbons (Fsp3) is 0.118. The highest BCUT2D eigenvalue weighted by atomic mass is 19.4. The quantitative estimate of drug-likeness (QED) is 0.741. The van der Waals surface area contributed by atoms with Crippen LogP contribution < -0.4 is 10.1 Å². The fourth-order valence-electron chi connectivity index (χ4n) is 2.09. The molecule has 1 heterocycles. The number of carbonyl (C=O) groups excluding carboxylic acids is 1. The first kappa shape index (κ1) is 17.5. The van der Waals surface area contributed by atoms with Gasteiger partial charge < -0.3 is 9.15 Å². The summed E-state index contributed by atoms with van der Waals surface area (Å²) >= 11 is 0. The van der Waals surface area contributed by atoms with Crippen LogP contribution in [0.25, 0.3) is 0 Å². The molecule has 0 atom stereocenters. The minimum Gasteiger partial charge on any atom is -0.457 e. The van der Waals surface area contributed by atoms with E-state index < -0.39 is 17.6 Å². The van der Waals surface area contributed by atoms with Crippen LogP contribution >= 0.6 is 0 Å². The topological polar surface area (TPSA) is 77.2 Å². The largest absolute Gasteiger partial charge is 0.457 e. The standard InChI is InChI=1S/C17H12F3N3O3/c1-10-22-23-16(25-10)21-15(24)13-4-2-3-5-14(13)26-12-8-6-11(7-9-12)17(18,19)20/h2-9H,1H3,(H,21,23,24). The number of nitrogens with zero attached hydrogens (tertiary/aromatic N) is 2. The Morgan fingerprint density at radius 1 is 1.08 bits per heavy atom. The lowest BCUT2D eigenvalue weighted by Crippen LogP contribution is -2.13. The number of aromatic nitrogens is 2. The van der Waals surface area contributed by atoms with Gasteiger partial charge in [-0.1, -0.05) is 17.2 Å². The van der Waals surface area contributed by atoms with Gasteiger partial charge in [-0.15, -0.1) is 5.10 Å². The van der Waals surface area contributed by atoms with E-state index in [2.05, 4.69) is 15.5 Å². The predicted octanol–water partition coefficient (Wildman–Crippen LogP) is 4.44. The molecule has 3 rings (SSSR count). The number of amides is 1. The molecule has 0 unspecified atom stereocenters. The molecule has 6 nitrogen and oxygen atoms in total. The number of halogens is 3. The predicted molar refractivity (Wildman–Crippen MR) is 84.9 cm³/mol. The third kappa shape index (κ3) is 4.00. The summed E-state index contributed by atoms with van der Waals surface area (Å²) in [6.07, 6.45) is -4.43. The van der Waals surface area contributed by atoms with Crippen LogP contribution in [0.2, 0.25) is 0 Å². The zero-order valence-electron chi connectivity index (χ0n) is 13.4. The van der Waals surface area contributed by atoms with Crippen LogP contribution in [0.5, 0.6) is 11.5 Å². The van der Waals surface area contributed by atoms with Crippen LogP contribution in [0.15, 0.2) is 52.9 Å². The lowest BCUT2D eigenvalue weighted by molar-refractivity contribution is -0.137. The van der Waals surface area contributed by atoms with Crippen molar-refractivity contribution in [2.24, 2.45) is 0 Å². The molecule has 134 valence electrons. The van der Waals surface area contributed by atoms with Crippen LogP contribution in [0.3, 0.4) is 0 Å². The van der Waals surface area contributed by atoms with Crippen molar-refractivity contribution >= 4 is 11.9 Å². The molecule has 0 bridgehead atoms. The van der Waals surface area contributed by atoms with Gasteiger partial charge in [0.05, 0.1) is 11.1 Å². The number of rotatable bonds is 4. The third-order valence-corrected chi connectivity index (χ3v) is 3.29. The maximum atomic E-state index is 12.6. The second-order valence-electron chi connectivity index (χ2n) is 5.20. The van der Waals surface area contributed by atoms with Crippen molar-refractivity contribution in [3.63, 3.8) is 0 Å². The van der Waals surface area contributed by atoms with Gasteiger partial charge in [-0.2, -0.15) is 13.2 Å². The maximum Gasteiger partial charge on any atom is 0.416 e. The first-order valence-electron chi connectivity index (χ1n) is 7.38. The first-order chi connectivity index (χ1) is 12.3. The van der Waals surface area contributed by atoms with E-state index in [1.807, 2.05) is 0 Å². The Labute approximate surface area is 145 Å². The molecule has 9 heteroatoms. The van der Waals surface area contributed by atoms with E-state index in [9.17, 15) is 18.0 Å². The average molecular weight is 363 g/mol. The monoisotopic (exact) mass is 363 g/mol. The van der Waals surface area contributed by atoms with Gasteiger partial charge in [0.15, 0.2) is 0 Å². The fourth-order valence-corrected chi connectivity index (χ4v) is 2.09. The average Bonchev–Trinajstić information content (AvgIpc) is 3.00. The van der Waals surface area contributed by atoms with E-state index in [1.54, 1.807) is 19.1 Å². The smallest absolute Gasteiger partial charge is 0.416 e. The van der Waals surface area contributed by atoms with E-state index >= 15 is 0 Å². The van der Waals surface area contributed by atoms with Gasteiger partial charge in [-0.05, 0) is 36.4 Å². The molecule has 0 aliphatic rings. The molecule has 1 N–H and O–H groups in total. The Morgan fingerprint density at radius 2 is 1.77 bits per heavy atom. The van der Waals surface area contributed by atoms with Gasteiger partial charge in [0, 0.05) is 6.92 Å². The van der Waals surface area contributed by atoms with Crippen LogP contribution in [-0.2, 0) is 6.18 Å². The number of para-hydroxylation sites is 1. The van der Waals surface area contributed by atoms with Crippen LogP contribution in [0, 0.1) is 6.92 Å². The van der Waals surface area contributed by atoms with Crippen LogP contribution in [0.1, 0.15) is 21.8 Å². The molecule has 0 saturated carbocycles. The normalized spacial score (nSPS) is 11.2. The molecular formula is C17H12F3N3O3. The Bertz CT molecular complexity index is 921. The van der Waals surface area contributed by atoms with Gasteiger partial charge in [0.2, 0.25) is 5.89 Å². The highest BCUT2D eigenvalue weighted by Gasteiger charge is 2.30. The molecule has 1 amide bonds. The van der Waals surface area contributed by atoms with Crippen molar-refractivity contribution in [3.8, 4) is 11.5 Å². The minimum absolute atomic E-state index is 0.0724. The summed E-state index contributed by atoms with van der Waals surface area (Å²) in [5.41, 5.74) is -0.633. The van der Waals surface area contributed by atoms with E-state index in [0.29, 0.717) is 0 Å². The lowest BCUT2D eigenvalue weighted by Gasteiger charge is -2.11. The number of nitrogens with one attached hydrogen (secondary N) is 1. The number of aryl methyl sites for hydroxylation is 1.